The molecule has 3 aromatic heterocycles. The highest BCUT2D eigenvalue weighted by molar-refractivity contribution is 7.15. The first-order chi connectivity index (χ1) is 18.0. The van der Waals surface area contributed by atoms with Crippen molar-refractivity contribution < 1.29 is 9.59 Å². The minimum absolute atomic E-state index is 0.133. The first kappa shape index (κ1) is 26.4. The van der Waals surface area contributed by atoms with Crippen LogP contribution in [0, 0.1) is 11.8 Å². The van der Waals surface area contributed by atoms with E-state index in [0.717, 1.165) is 35.7 Å². The minimum atomic E-state index is -0.195. The molecule has 0 aromatic carbocycles. The number of pyridine rings is 1. The van der Waals surface area contributed by atoms with Crippen molar-refractivity contribution in [2.75, 3.05) is 10.6 Å². The summed E-state index contributed by atoms with van der Waals surface area (Å²) in [4.78, 5) is 32.5. The van der Waals surface area contributed by atoms with E-state index in [1.54, 1.807) is 12.3 Å². The van der Waals surface area contributed by atoms with Crippen LogP contribution in [0.25, 0.3) is 0 Å². The van der Waals surface area contributed by atoms with Crippen LogP contribution in [-0.4, -0.2) is 43.9 Å². The fraction of sp³-hybridized carbons (Fsp3) is 0.360. The molecule has 4 rings (SSSR count). The van der Waals surface area contributed by atoms with E-state index in [-0.39, 0.29) is 24.7 Å². The van der Waals surface area contributed by atoms with Crippen LogP contribution >= 0.6 is 22.7 Å². The Bertz CT molecular complexity index is 1280. The second-order valence-electron chi connectivity index (χ2n) is 8.73. The maximum atomic E-state index is 12.2. The minimum Gasteiger partial charge on any atom is -0.300 e. The molecule has 0 saturated heterocycles. The molecule has 0 radical (unpaired) electrons. The van der Waals surface area contributed by atoms with Gasteiger partial charge in [0.15, 0.2) is 0 Å². The van der Waals surface area contributed by atoms with E-state index < -0.39 is 0 Å². The van der Waals surface area contributed by atoms with E-state index in [9.17, 15) is 9.59 Å². The van der Waals surface area contributed by atoms with Crippen molar-refractivity contribution in [3.05, 3.63) is 64.0 Å². The summed E-state index contributed by atoms with van der Waals surface area (Å²) < 4.78 is 0. The Kier molecular flexibility index (Phi) is 9.33. The lowest BCUT2D eigenvalue weighted by atomic mass is 9.72. The number of carbonyl (C=O) groups excluding carboxylic acids is 2. The highest BCUT2D eigenvalue weighted by atomic mass is 32.1. The second-order valence-corrected chi connectivity index (χ2v) is 10.9. The lowest BCUT2D eigenvalue weighted by Gasteiger charge is -2.34. The Morgan fingerprint density at radius 1 is 1.03 bits per heavy atom. The first-order valence-electron chi connectivity index (χ1n) is 11.9. The number of anilines is 2. The zero-order valence-electron chi connectivity index (χ0n) is 20.5. The van der Waals surface area contributed by atoms with Gasteiger partial charge in [-0.05, 0) is 56.5 Å². The third-order valence-electron chi connectivity index (χ3n) is 5.78. The number of rotatable bonds is 12. The summed E-state index contributed by atoms with van der Waals surface area (Å²) in [5, 5.41) is 25.1. The van der Waals surface area contributed by atoms with E-state index in [1.807, 2.05) is 37.3 Å². The van der Waals surface area contributed by atoms with Crippen LogP contribution in [0.5, 0.6) is 0 Å². The van der Waals surface area contributed by atoms with Crippen LogP contribution in [-0.2, 0) is 28.9 Å². The third-order valence-corrected chi connectivity index (χ3v) is 7.50. The van der Waals surface area contributed by atoms with Gasteiger partial charge in [-0.25, -0.2) is 0 Å². The number of nitrogens with zero attached hydrogens (tertiary/aromatic N) is 6. The number of allylic oxidation sites excluding steroid dienone is 3. The molecule has 1 fully saturated rings. The van der Waals surface area contributed by atoms with Gasteiger partial charge in [0.1, 0.15) is 10.0 Å². The molecular formula is C25H28N8O2S2. The van der Waals surface area contributed by atoms with Crippen molar-refractivity contribution in [1.29, 1.82) is 0 Å². The van der Waals surface area contributed by atoms with Crippen molar-refractivity contribution in [2.45, 2.75) is 45.4 Å². The molecular weight excluding hydrogens is 508 g/mol. The van der Waals surface area contributed by atoms with Crippen LogP contribution < -0.4 is 10.6 Å². The van der Waals surface area contributed by atoms with E-state index in [4.69, 9.17) is 0 Å². The molecule has 2 N–H and O–H groups in total. The number of hydrogen-bond acceptors (Lipinski definition) is 10. The van der Waals surface area contributed by atoms with Crippen molar-refractivity contribution in [2.24, 2.45) is 16.8 Å². The summed E-state index contributed by atoms with van der Waals surface area (Å²) in [6.07, 6.45) is 11.3. The Morgan fingerprint density at radius 2 is 1.68 bits per heavy atom. The molecule has 10 nitrogen and oxygen atoms in total. The van der Waals surface area contributed by atoms with Gasteiger partial charge in [-0.2, -0.15) is 0 Å². The fourth-order valence-corrected chi connectivity index (χ4v) is 5.75. The summed E-state index contributed by atoms with van der Waals surface area (Å²) in [5.41, 5.74) is 1.31. The number of aromatic nitrogens is 5. The monoisotopic (exact) mass is 536 g/mol. The van der Waals surface area contributed by atoms with Gasteiger partial charge in [0.25, 0.3) is 0 Å². The van der Waals surface area contributed by atoms with Crippen molar-refractivity contribution in [3.8, 4) is 0 Å². The molecule has 0 unspecified atom stereocenters. The van der Waals surface area contributed by atoms with Crippen molar-refractivity contribution in [3.63, 3.8) is 0 Å². The van der Waals surface area contributed by atoms with Crippen molar-refractivity contribution in [1.82, 2.24) is 25.4 Å². The SMILES string of the molecule is C=N/C(=C\C=C/C)CC(=O)Nc1nnc(CC2CC(Cc3nnc(NC(=O)Cc4ccccn4)s3)C2)s1. The second kappa shape index (κ2) is 13.1. The fourth-order valence-electron chi connectivity index (χ4n) is 4.01. The van der Waals surface area contributed by atoms with Gasteiger partial charge in [0, 0.05) is 30.4 Å². The molecule has 12 heteroatoms. The molecule has 3 heterocycles. The molecule has 3 aromatic rings. The van der Waals surface area contributed by atoms with Crippen LogP contribution in [0.3, 0.4) is 0 Å². The van der Waals surface area contributed by atoms with Crippen LogP contribution in [0.2, 0.25) is 0 Å². The number of carbonyl (C=O) groups is 2. The average molecular weight is 537 g/mol. The molecule has 1 aliphatic carbocycles. The standard InChI is InChI=1S/C25H28N8O2S2/c1-3-4-7-18(26-2)14-20(34)28-24-32-30-22(36-24)12-16-10-17(11-16)13-23-31-33-25(37-23)29-21(35)15-19-8-5-6-9-27-19/h3-9,16-17H,2,10-15H2,1H3,(H,28,32,34)(H,29,33,35)/b4-3-,18-7-. The summed E-state index contributed by atoms with van der Waals surface area (Å²) >= 11 is 2.83. The van der Waals surface area contributed by atoms with E-state index in [0.29, 0.717) is 33.5 Å². The maximum Gasteiger partial charge on any atom is 0.232 e. The Morgan fingerprint density at radius 3 is 2.24 bits per heavy atom. The quantitative estimate of drug-likeness (QED) is 0.261. The normalized spacial score (nSPS) is 17.4. The largest absolute Gasteiger partial charge is 0.300 e. The molecule has 2 amide bonds. The molecule has 1 saturated carbocycles. The van der Waals surface area contributed by atoms with Gasteiger partial charge in [0.05, 0.1) is 12.8 Å². The molecule has 0 spiro atoms. The smallest absolute Gasteiger partial charge is 0.232 e. The summed E-state index contributed by atoms with van der Waals surface area (Å²) in [7, 11) is 0. The lowest BCUT2D eigenvalue weighted by Crippen LogP contribution is -2.27. The maximum absolute atomic E-state index is 12.2. The average Bonchev–Trinajstić information content (AvgIpc) is 3.49. The summed E-state index contributed by atoms with van der Waals surface area (Å²) in [5.74, 6) is 0.725. The van der Waals surface area contributed by atoms with Crippen LogP contribution in [0.1, 0.15) is 41.9 Å². The van der Waals surface area contributed by atoms with Gasteiger partial charge in [-0.1, -0.05) is 40.9 Å². The van der Waals surface area contributed by atoms with E-state index in [1.165, 1.54) is 22.7 Å². The van der Waals surface area contributed by atoms with E-state index >= 15 is 0 Å². The molecule has 0 aliphatic heterocycles. The van der Waals surface area contributed by atoms with Gasteiger partial charge in [-0.3, -0.25) is 19.6 Å². The summed E-state index contributed by atoms with van der Waals surface area (Å²) in [6, 6.07) is 5.49. The molecule has 37 heavy (non-hydrogen) atoms. The van der Waals surface area contributed by atoms with Crippen molar-refractivity contribution >= 4 is 51.5 Å². The zero-order chi connectivity index (χ0) is 26.0. The highest BCUT2D eigenvalue weighted by Gasteiger charge is 2.31. The van der Waals surface area contributed by atoms with Gasteiger partial charge in [-0.15, -0.1) is 20.4 Å². The number of hydrogen-bond donors (Lipinski definition) is 2. The Balaban J connectivity index is 1.17. The molecule has 1 aliphatic rings. The van der Waals surface area contributed by atoms with Crippen LogP contribution in [0.15, 0.2) is 53.3 Å². The van der Waals surface area contributed by atoms with Gasteiger partial charge >= 0.3 is 0 Å². The zero-order valence-corrected chi connectivity index (χ0v) is 22.1. The lowest BCUT2D eigenvalue weighted by molar-refractivity contribution is -0.116. The Labute approximate surface area is 223 Å². The predicted octanol–water partition coefficient (Wildman–Crippen LogP) is 4.27. The molecule has 192 valence electrons. The third kappa shape index (κ3) is 8.19. The predicted molar refractivity (Wildman–Crippen MR) is 146 cm³/mol. The molecule has 0 atom stereocenters. The highest BCUT2D eigenvalue weighted by Crippen LogP contribution is 2.39. The van der Waals surface area contributed by atoms with E-state index in [2.05, 4.69) is 47.7 Å². The molecule has 0 bridgehead atoms. The number of amides is 2. The number of aliphatic imine (C=N–C) groups is 1. The summed E-state index contributed by atoms with van der Waals surface area (Å²) in [6.45, 7) is 5.40. The van der Waals surface area contributed by atoms with Gasteiger partial charge in [0.2, 0.25) is 22.1 Å². The van der Waals surface area contributed by atoms with Gasteiger partial charge < -0.3 is 10.6 Å². The Hall–Kier alpha value is -3.64. The number of nitrogens with one attached hydrogen (secondary N) is 2. The van der Waals surface area contributed by atoms with Crippen LogP contribution in [0.4, 0.5) is 10.3 Å². The topological polar surface area (TPSA) is 135 Å². The first-order valence-corrected chi connectivity index (χ1v) is 13.6.